The molecule has 0 saturated carbocycles. The minimum atomic E-state index is 0.190. The molecule has 3 nitrogen and oxygen atoms in total. The van der Waals surface area contributed by atoms with Crippen LogP contribution in [0.15, 0.2) is 42.0 Å². The summed E-state index contributed by atoms with van der Waals surface area (Å²) in [5.41, 5.74) is 7.40. The number of nitrogens with zero attached hydrogens (tertiary/aromatic N) is 2. The second-order valence-electron chi connectivity index (χ2n) is 5.10. The van der Waals surface area contributed by atoms with E-state index in [0.29, 0.717) is 0 Å². The van der Waals surface area contributed by atoms with Crippen molar-refractivity contribution in [3.05, 3.63) is 53.4 Å². The van der Waals surface area contributed by atoms with Crippen LogP contribution in [0, 0.1) is 0 Å². The topological polar surface area (TPSA) is 43.8 Å². The predicted octanol–water partition coefficient (Wildman–Crippen LogP) is 3.43. The molecule has 1 atom stereocenters. The van der Waals surface area contributed by atoms with Gasteiger partial charge in [0.25, 0.3) is 0 Å². The first-order chi connectivity index (χ1) is 9.78. The zero-order valence-corrected chi connectivity index (χ0v) is 12.4. The molecular formula is C16H19N3S. The van der Waals surface area contributed by atoms with E-state index in [4.69, 9.17) is 5.73 Å². The molecule has 0 fully saturated rings. The molecule has 0 bridgehead atoms. The minimum Gasteiger partial charge on any atom is -0.330 e. The Morgan fingerprint density at radius 2 is 2.20 bits per heavy atom. The van der Waals surface area contributed by atoms with E-state index in [0.717, 1.165) is 25.2 Å². The summed E-state index contributed by atoms with van der Waals surface area (Å²) in [6.45, 7) is 2.99. The zero-order valence-electron chi connectivity index (χ0n) is 11.6. The zero-order chi connectivity index (χ0) is 13.9. The second kappa shape index (κ2) is 5.77. The average molecular weight is 285 g/mol. The van der Waals surface area contributed by atoms with Gasteiger partial charge in [-0.15, -0.1) is 11.3 Å². The van der Waals surface area contributed by atoms with Crippen LogP contribution in [0.5, 0.6) is 0 Å². The molecule has 0 saturated heterocycles. The Kier molecular flexibility index (Phi) is 3.85. The first-order valence-corrected chi connectivity index (χ1v) is 7.86. The van der Waals surface area contributed by atoms with Crippen molar-refractivity contribution in [3.63, 3.8) is 0 Å². The number of rotatable bonds is 5. The van der Waals surface area contributed by atoms with Crippen LogP contribution in [0.1, 0.15) is 24.7 Å². The lowest BCUT2D eigenvalue weighted by atomic mass is 10.1. The highest BCUT2D eigenvalue weighted by Gasteiger charge is 2.10. The monoisotopic (exact) mass is 285 g/mol. The van der Waals surface area contributed by atoms with Gasteiger partial charge in [0.15, 0.2) is 0 Å². The molecular weight excluding hydrogens is 266 g/mol. The second-order valence-corrected chi connectivity index (χ2v) is 6.01. The summed E-state index contributed by atoms with van der Waals surface area (Å²) < 4.78 is 3.55. The lowest BCUT2D eigenvalue weighted by Crippen LogP contribution is -2.23. The Balaban J connectivity index is 1.86. The van der Waals surface area contributed by atoms with Gasteiger partial charge in [0.2, 0.25) is 0 Å². The molecule has 104 valence electrons. The van der Waals surface area contributed by atoms with Crippen LogP contribution in [0.25, 0.3) is 10.1 Å². The van der Waals surface area contributed by atoms with Crippen LogP contribution in [-0.4, -0.2) is 15.6 Å². The fourth-order valence-electron chi connectivity index (χ4n) is 2.39. The van der Waals surface area contributed by atoms with E-state index >= 15 is 0 Å². The Labute approximate surface area is 123 Å². The van der Waals surface area contributed by atoms with Crippen LogP contribution in [0.4, 0.5) is 0 Å². The summed E-state index contributed by atoms with van der Waals surface area (Å²) in [4.78, 5) is 4.45. The normalized spacial score (nSPS) is 12.9. The van der Waals surface area contributed by atoms with Crippen molar-refractivity contribution in [2.24, 2.45) is 5.73 Å². The maximum absolute atomic E-state index is 6.05. The van der Waals surface area contributed by atoms with E-state index in [9.17, 15) is 0 Å². The third-order valence-corrected chi connectivity index (χ3v) is 4.68. The molecule has 20 heavy (non-hydrogen) atoms. The summed E-state index contributed by atoms with van der Waals surface area (Å²) in [6, 6.07) is 8.74. The molecule has 2 heterocycles. The van der Waals surface area contributed by atoms with Gasteiger partial charge < -0.3 is 10.3 Å². The molecule has 1 aromatic carbocycles. The SMILES string of the molecule is CCC(N)Cc1nccn1Cc1csc2ccccc12. The van der Waals surface area contributed by atoms with Gasteiger partial charge in [-0.1, -0.05) is 25.1 Å². The molecule has 3 aromatic rings. The number of thiophene rings is 1. The number of benzene rings is 1. The van der Waals surface area contributed by atoms with Crippen molar-refractivity contribution >= 4 is 21.4 Å². The van der Waals surface area contributed by atoms with E-state index in [1.54, 1.807) is 11.3 Å². The summed E-state index contributed by atoms with van der Waals surface area (Å²) in [5, 5.41) is 3.59. The molecule has 2 aromatic heterocycles. The van der Waals surface area contributed by atoms with Gasteiger partial charge in [0, 0.05) is 29.6 Å². The maximum Gasteiger partial charge on any atom is 0.110 e. The number of nitrogens with two attached hydrogens (primary N) is 1. The third-order valence-electron chi connectivity index (χ3n) is 3.67. The Bertz CT molecular complexity index is 698. The maximum atomic E-state index is 6.05. The van der Waals surface area contributed by atoms with E-state index in [-0.39, 0.29) is 6.04 Å². The Morgan fingerprint density at radius 3 is 3.05 bits per heavy atom. The van der Waals surface area contributed by atoms with Gasteiger partial charge in [0.1, 0.15) is 5.82 Å². The van der Waals surface area contributed by atoms with Gasteiger partial charge in [-0.2, -0.15) is 0 Å². The highest BCUT2D eigenvalue weighted by Crippen LogP contribution is 2.26. The van der Waals surface area contributed by atoms with Crippen molar-refractivity contribution < 1.29 is 0 Å². The number of hydrogen-bond donors (Lipinski definition) is 1. The molecule has 0 radical (unpaired) electrons. The van der Waals surface area contributed by atoms with Crippen LogP contribution >= 0.6 is 11.3 Å². The summed E-state index contributed by atoms with van der Waals surface area (Å²) >= 11 is 1.80. The lowest BCUT2D eigenvalue weighted by Gasteiger charge is -2.11. The highest BCUT2D eigenvalue weighted by atomic mass is 32.1. The van der Waals surface area contributed by atoms with Crippen molar-refractivity contribution in [2.75, 3.05) is 0 Å². The van der Waals surface area contributed by atoms with Crippen LogP contribution in [-0.2, 0) is 13.0 Å². The van der Waals surface area contributed by atoms with Crippen molar-refractivity contribution in [1.82, 2.24) is 9.55 Å². The van der Waals surface area contributed by atoms with E-state index in [1.807, 2.05) is 12.4 Å². The molecule has 1 unspecified atom stereocenters. The Morgan fingerprint density at radius 1 is 1.35 bits per heavy atom. The molecule has 0 amide bonds. The molecule has 0 aliphatic heterocycles. The molecule has 4 heteroatoms. The van der Waals surface area contributed by atoms with E-state index < -0.39 is 0 Å². The van der Waals surface area contributed by atoms with Gasteiger partial charge in [-0.3, -0.25) is 0 Å². The lowest BCUT2D eigenvalue weighted by molar-refractivity contribution is 0.598. The van der Waals surface area contributed by atoms with Gasteiger partial charge in [-0.25, -0.2) is 4.98 Å². The largest absolute Gasteiger partial charge is 0.330 e. The van der Waals surface area contributed by atoms with Crippen molar-refractivity contribution in [1.29, 1.82) is 0 Å². The molecule has 2 N–H and O–H groups in total. The summed E-state index contributed by atoms with van der Waals surface area (Å²) in [7, 11) is 0. The quantitative estimate of drug-likeness (QED) is 0.780. The smallest absolute Gasteiger partial charge is 0.110 e. The Hall–Kier alpha value is -1.65. The van der Waals surface area contributed by atoms with Crippen molar-refractivity contribution in [2.45, 2.75) is 32.4 Å². The van der Waals surface area contributed by atoms with Gasteiger partial charge in [0.05, 0.1) is 6.54 Å². The van der Waals surface area contributed by atoms with E-state index in [1.165, 1.54) is 15.6 Å². The first kappa shape index (κ1) is 13.3. The highest BCUT2D eigenvalue weighted by molar-refractivity contribution is 7.17. The predicted molar refractivity (Wildman–Crippen MR) is 85.1 cm³/mol. The standard InChI is InChI=1S/C16H19N3S/c1-2-13(17)9-16-18-7-8-19(16)10-12-11-20-15-6-4-3-5-14(12)15/h3-8,11,13H,2,9-10,17H2,1H3. The summed E-state index contributed by atoms with van der Waals surface area (Å²) in [5.74, 6) is 1.08. The van der Waals surface area contributed by atoms with Gasteiger partial charge >= 0.3 is 0 Å². The van der Waals surface area contributed by atoms with E-state index in [2.05, 4.69) is 46.1 Å². The fraction of sp³-hybridized carbons (Fsp3) is 0.312. The minimum absolute atomic E-state index is 0.190. The van der Waals surface area contributed by atoms with Crippen LogP contribution < -0.4 is 5.73 Å². The van der Waals surface area contributed by atoms with Gasteiger partial charge in [-0.05, 0) is 28.8 Å². The number of imidazole rings is 1. The molecule has 0 aliphatic rings. The molecule has 3 rings (SSSR count). The average Bonchev–Trinajstić information content (AvgIpc) is 3.07. The van der Waals surface area contributed by atoms with Crippen LogP contribution in [0.2, 0.25) is 0 Å². The fourth-order valence-corrected chi connectivity index (χ4v) is 3.35. The summed E-state index contributed by atoms with van der Waals surface area (Å²) in [6.07, 6.45) is 5.73. The number of aromatic nitrogens is 2. The number of fused-ring (bicyclic) bond motifs is 1. The molecule has 0 aliphatic carbocycles. The van der Waals surface area contributed by atoms with Crippen LogP contribution in [0.3, 0.4) is 0 Å². The molecule has 0 spiro atoms. The van der Waals surface area contributed by atoms with Crippen molar-refractivity contribution in [3.8, 4) is 0 Å². The third kappa shape index (κ3) is 2.62. The number of hydrogen-bond acceptors (Lipinski definition) is 3. The first-order valence-electron chi connectivity index (χ1n) is 6.98.